The fraction of sp³-hybridized carbons (Fsp3) is 0.417. The average Bonchev–Trinajstić information content (AvgIpc) is 2.32. The molecule has 1 aromatic rings. The van der Waals surface area contributed by atoms with Crippen LogP contribution in [-0.2, 0) is 0 Å². The fourth-order valence-electron chi connectivity index (χ4n) is 1.25. The Labute approximate surface area is 120 Å². The summed E-state index contributed by atoms with van der Waals surface area (Å²) >= 11 is 11.0. The standard InChI is InChI=1S/C12H15BrClNOS/c1-8(17-2)5-6-15-12(16)9-3-4-10(13)11(14)7-9/h3-4,7-8H,5-6H2,1-2H3,(H,15,16). The van der Waals surface area contributed by atoms with Crippen LogP contribution in [0, 0.1) is 0 Å². The SMILES string of the molecule is CSC(C)CCNC(=O)c1ccc(Br)c(Cl)c1. The lowest BCUT2D eigenvalue weighted by atomic mass is 10.2. The van der Waals surface area contributed by atoms with E-state index in [2.05, 4.69) is 34.4 Å². The van der Waals surface area contributed by atoms with Crippen LogP contribution >= 0.6 is 39.3 Å². The van der Waals surface area contributed by atoms with Crippen molar-refractivity contribution in [2.24, 2.45) is 0 Å². The van der Waals surface area contributed by atoms with Crippen molar-refractivity contribution in [3.63, 3.8) is 0 Å². The quantitative estimate of drug-likeness (QED) is 0.881. The van der Waals surface area contributed by atoms with Gasteiger partial charge >= 0.3 is 0 Å². The molecule has 5 heteroatoms. The highest BCUT2D eigenvalue weighted by atomic mass is 79.9. The molecular formula is C12H15BrClNOS. The van der Waals surface area contributed by atoms with Gasteiger partial charge in [-0.05, 0) is 46.8 Å². The highest BCUT2D eigenvalue weighted by Crippen LogP contribution is 2.23. The number of thioether (sulfide) groups is 1. The van der Waals surface area contributed by atoms with Gasteiger partial charge in [-0.3, -0.25) is 4.79 Å². The zero-order valence-corrected chi connectivity index (χ0v) is 13.0. The Balaban J connectivity index is 2.50. The van der Waals surface area contributed by atoms with Gasteiger partial charge in [0, 0.05) is 21.8 Å². The van der Waals surface area contributed by atoms with Gasteiger partial charge in [0.15, 0.2) is 0 Å². The Morgan fingerprint density at radius 1 is 1.59 bits per heavy atom. The molecule has 1 aromatic carbocycles. The van der Waals surface area contributed by atoms with Crippen molar-refractivity contribution in [3.05, 3.63) is 33.3 Å². The summed E-state index contributed by atoms with van der Waals surface area (Å²) in [5, 5.41) is 3.99. The highest BCUT2D eigenvalue weighted by molar-refractivity contribution is 9.10. The molecule has 0 spiro atoms. The number of hydrogen-bond donors (Lipinski definition) is 1. The maximum absolute atomic E-state index is 11.8. The van der Waals surface area contributed by atoms with Gasteiger partial charge in [0.25, 0.3) is 5.91 Å². The minimum Gasteiger partial charge on any atom is -0.352 e. The molecule has 0 saturated heterocycles. The molecule has 1 amide bonds. The van der Waals surface area contributed by atoms with E-state index in [1.165, 1.54) is 0 Å². The molecule has 0 saturated carbocycles. The van der Waals surface area contributed by atoms with Gasteiger partial charge in [0.1, 0.15) is 0 Å². The number of carbonyl (C=O) groups excluding carboxylic acids is 1. The summed E-state index contributed by atoms with van der Waals surface area (Å²) in [5.74, 6) is -0.0762. The van der Waals surface area contributed by atoms with Crippen LogP contribution in [0.5, 0.6) is 0 Å². The number of carbonyl (C=O) groups is 1. The monoisotopic (exact) mass is 335 g/mol. The molecule has 17 heavy (non-hydrogen) atoms. The van der Waals surface area contributed by atoms with Crippen molar-refractivity contribution in [3.8, 4) is 0 Å². The fourth-order valence-corrected chi connectivity index (χ4v) is 2.03. The largest absolute Gasteiger partial charge is 0.352 e. The third-order valence-corrected chi connectivity index (χ3v) is 4.69. The first kappa shape index (κ1) is 14.9. The van der Waals surface area contributed by atoms with Crippen molar-refractivity contribution < 1.29 is 4.79 Å². The van der Waals surface area contributed by atoms with Crippen LogP contribution < -0.4 is 5.32 Å². The molecule has 0 aliphatic rings. The molecule has 1 atom stereocenters. The summed E-state index contributed by atoms with van der Waals surface area (Å²) < 4.78 is 0.798. The van der Waals surface area contributed by atoms with Crippen molar-refractivity contribution in [1.29, 1.82) is 0 Å². The second-order valence-corrected chi connectivity index (χ2v) is 6.26. The van der Waals surface area contributed by atoms with Gasteiger partial charge in [0.05, 0.1) is 5.02 Å². The highest BCUT2D eigenvalue weighted by Gasteiger charge is 2.08. The van der Waals surface area contributed by atoms with Crippen molar-refractivity contribution >= 4 is 45.2 Å². The molecule has 0 heterocycles. The zero-order chi connectivity index (χ0) is 12.8. The lowest BCUT2D eigenvalue weighted by Gasteiger charge is -2.09. The van der Waals surface area contributed by atoms with E-state index in [-0.39, 0.29) is 5.91 Å². The molecule has 0 bridgehead atoms. The van der Waals surface area contributed by atoms with E-state index < -0.39 is 0 Å². The lowest BCUT2D eigenvalue weighted by Crippen LogP contribution is -2.25. The average molecular weight is 337 g/mol. The number of halogens is 2. The molecule has 94 valence electrons. The van der Waals surface area contributed by atoms with E-state index in [1.54, 1.807) is 30.0 Å². The minimum atomic E-state index is -0.0762. The number of amides is 1. The molecule has 0 fully saturated rings. The molecule has 2 nitrogen and oxygen atoms in total. The predicted molar refractivity (Wildman–Crippen MR) is 79.1 cm³/mol. The molecule has 0 aliphatic heterocycles. The molecule has 0 aliphatic carbocycles. The van der Waals surface area contributed by atoms with Crippen LogP contribution in [-0.4, -0.2) is 24.0 Å². The number of benzene rings is 1. The van der Waals surface area contributed by atoms with Gasteiger partial charge < -0.3 is 5.32 Å². The lowest BCUT2D eigenvalue weighted by molar-refractivity contribution is 0.0953. The third kappa shape index (κ3) is 4.90. The van der Waals surface area contributed by atoms with Crippen LogP contribution in [0.4, 0.5) is 0 Å². The van der Waals surface area contributed by atoms with Crippen LogP contribution in [0.2, 0.25) is 5.02 Å². The first-order valence-electron chi connectivity index (χ1n) is 5.30. The van der Waals surface area contributed by atoms with Crippen LogP contribution in [0.25, 0.3) is 0 Å². The maximum Gasteiger partial charge on any atom is 0.251 e. The molecule has 1 unspecified atom stereocenters. The van der Waals surface area contributed by atoms with Crippen LogP contribution in [0.3, 0.4) is 0 Å². The first-order valence-corrected chi connectivity index (χ1v) is 7.76. The number of hydrogen-bond acceptors (Lipinski definition) is 2. The van der Waals surface area contributed by atoms with E-state index in [0.29, 0.717) is 22.4 Å². The second kappa shape index (κ2) is 7.29. The van der Waals surface area contributed by atoms with E-state index in [1.807, 2.05) is 0 Å². The van der Waals surface area contributed by atoms with Crippen LogP contribution in [0.1, 0.15) is 23.7 Å². The van der Waals surface area contributed by atoms with E-state index in [9.17, 15) is 4.79 Å². The van der Waals surface area contributed by atoms with E-state index in [4.69, 9.17) is 11.6 Å². The first-order chi connectivity index (χ1) is 8.04. The summed E-state index contributed by atoms with van der Waals surface area (Å²) in [6.07, 6.45) is 3.04. The van der Waals surface area contributed by atoms with E-state index >= 15 is 0 Å². The summed E-state index contributed by atoms with van der Waals surface area (Å²) in [4.78, 5) is 11.8. The summed E-state index contributed by atoms with van der Waals surface area (Å²) in [7, 11) is 0. The van der Waals surface area contributed by atoms with Gasteiger partial charge in [-0.15, -0.1) is 0 Å². The molecule has 0 radical (unpaired) electrons. The number of rotatable bonds is 5. The Morgan fingerprint density at radius 3 is 2.88 bits per heavy atom. The van der Waals surface area contributed by atoms with Gasteiger partial charge in [-0.1, -0.05) is 18.5 Å². The Kier molecular flexibility index (Phi) is 6.38. The van der Waals surface area contributed by atoms with Gasteiger partial charge in [-0.25, -0.2) is 0 Å². The Morgan fingerprint density at radius 2 is 2.29 bits per heavy atom. The van der Waals surface area contributed by atoms with Gasteiger partial charge in [0.2, 0.25) is 0 Å². The molecule has 1 N–H and O–H groups in total. The van der Waals surface area contributed by atoms with Crippen molar-refractivity contribution in [2.75, 3.05) is 12.8 Å². The summed E-state index contributed by atoms with van der Waals surface area (Å²) in [5.41, 5.74) is 0.593. The zero-order valence-electron chi connectivity index (χ0n) is 9.80. The molecular weight excluding hydrogens is 322 g/mol. The van der Waals surface area contributed by atoms with E-state index in [0.717, 1.165) is 10.9 Å². The molecule has 0 aromatic heterocycles. The van der Waals surface area contributed by atoms with Crippen molar-refractivity contribution in [1.82, 2.24) is 5.32 Å². The predicted octanol–water partition coefficient (Wildman–Crippen LogP) is 3.97. The molecule has 1 rings (SSSR count). The smallest absolute Gasteiger partial charge is 0.251 e. The van der Waals surface area contributed by atoms with Crippen LogP contribution in [0.15, 0.2) is 22.7 Å². The minimum absolute atomic E-state index is 0.0762. The third-order valence-electron chi connectivity index (χ3n) is 2.42. The Hall–Kier alpha value is -0.190. The maximum atomic E-state index is 11.8. The topological polar surface area (TPSA) is 29.1 Å². The number of nitrogens with one attached hydrogen (secondary N) is 1. The second-order valence-electron chi connectivity index (χ2n) is 3.72. The van der Waals surface area contributed by atoms with Gasteiger partial charge in [-0.2, -0.15) is 11.8 Å². The van der Waals surface area contributed by atoms with Crippen molar-refractivity contribution in [2.45, 2.75) is 18.6 Å². The summed E-state index contributed by atoms with van der Waals surface area (Å²) in [6, 6.07) is 5.20. The normalized spacial score (nSPS) is 12.2. The Bertz CT molecular complexity index is 400. The summed E-state index contributed by atoms with van der Waals surface area (Å²) in [6.45, 7) is 2.84.